The second kappa shape index (κ2) is 15.5. The van der Waals surface area contributed by atoms with E-state index in [0.29, 0.717) is 13.2 Å². The van der Waals surface area contributed by atoms with Crippen LogP contribution in [-0.4, -0.2) is 53.5 Å². The topological polar surface area (TPSA) is 64.1 Å². The number of benzene rings is 1. The van der Waals surface area contributed by atoms with Crippen molar-refractivity contribution in [3.05, 3.63) is 29.8 Å². The van der Waals surface area contributed by atoms with E-state index in [1.807, 2.05) is 24.3 Å². The van der Waals surface area contributed by atoms with Gasteiger partial charge in [0, 0.05) is 40.5 Å². The third-order valence-corrected chi connectivity index (χ3v) is 3.23. The van der Waals surface area contributed by atoms with Gasteiger partial charge in [-0.2, -0.15) is 0 Å². The predicted molar refractivity (Wildman–Crippen MR) is 109 cm³/mol. The van der Waals surface area contributed by atoms with E-state index in [1.165, 1.54) is 0 Å². The van der Waals surface area contributed by atoms with Gasteiger partial charge in [0.1, 0.15) is 5.75 Å². The van der Waals surface area contributed by atoms with Crippen molar-refractivity contribution in [3.8, 4) is 5.75 Å². The van der Waals surface area contributed by atoms with E-state index < -0.39 is 0 Å². The fraction of sp³-hybridized carbons (Fsp3) is 0.588. The molecular weight excluding hydrogens is 421 g/mol. The molecule has 0 spiro atoms. The smallest absolute Gasteiger partial charge is 0.190 e. The Morgan fingerprint density at radius 3 is 2.17 bits per heavy atom. The normalized spacial score (nSPS) is 10.9. The third kappa shape index (κ3) is 10.7. The van der Waals surface area contributed by atoms with E-state index in [-0.39, 0.29) is 24.0 Å². The van der Waals surface area contributed by atoms with Gasteiger partial charge in [0.05, 0.1) is 13.7 Å². The number of hydrogen-bond acceptors (Lipinski definition) is 4. The molecule has 0 bridgehead atoms. The molecule has 0 unspecified atom stereocenters. The molecule has 0 saturated carbocycles. The number of guanidine groups is 1. The summed E-state index contributed by atoms with van der Waals surface area (Å²) < 4.78 is 15.8. The van der Waals surface area contributed by atoms with Crippen LogP contribution in [-0.2, 0) is 16.1 Å². The van der Waals surface area contributed by atoms with Crippen LogP contribution in [0.3, 0.4) is 0 Å². The molecular formula is C17H30IN3O3. The van der Waals surface area contributed by atoms with Gasteiger partial charge in [0.25, 0.3) is 0 Å². The summed E-state index contributed by atoms with van der Waals surface area (Å²) in [7, 11) is 5.14. The number of nitrogens with zero attached hydrogens (tertiary/aromatic N) is 1. The highest BCUT2D eigenvalue weighted by Crippen LogP contribution is 2.11. The first-order valence-electron chi connectivity index (χ1n) is 7.94. The van der Waals surface area contributed by atoms with Crippen molar-refractivity contribution in [2.45, 2.75) is 19.4 Å². The molecule has 1 aromatic rings. The van der Waals surface area contributed by atoms with Crippen molar-refractivity contribution in [2.24, 2.45) is 4.99 Å². The van der Waals surface area contributed by atoms with E-state index in [1.54, 1.807) is 21.3 Å². The highest BCUT2D eigenvalue weighted by molar-refractivity contribution is 14.0. The maximum atomic E-state index is 5.66. The van der Waals surface area contributed by atoms with Crippen molar-refractivity contribution in [1.82, 2.24) is 10.6 Å². The molecule has 0 radical (unpaired) electrons. The van der Waals surface area contributed by atoms with Crippen LogP contribution in [0.15, 0.2) is 29.3 Å². The molecule has 0 heterocycles. The zero-order valence-electron chi connectivity index (χ0n) is 14.8. The average Bonchev–Trinajstić information content (AvgIpc) is 2.60. The lowest BCUT2D eigenvalue weighted by atomic mass is 10.2. The Bertz CT molecular complexity index is 441. The summed E-state index contributed by atoms with van der Waals surface area (Å²) in [5, 5.41) is 6.50. The van der Waals surface area contributed by atoms with Gasteiger partial charge in [0.2, 0.25) is 0 Å². The fourth-order valence-corrected chi connectivity index (χ4v) is 1.94. The highest BCUT2D eigenvalue weighted by Gasteiger charge is 1.98. The molecule has 1 aromatic carbocycles. The molecule has 2 N–H and O–H groups in total. The summed E-state index contributed by atoms with van der Waals surface area (Å²) >= 11 is 0. The molecule has 6 nitrogen and oxygen atoms in total. The molecule has 0 saturated heterocycles. The van der Waals surface area contributed by atoms with Gasteiger partial charge < -0.3 is 24.8 Å². The molecule has 0 fully saturated rings. The summed E-state index contributed by atoms with van der Waals surface area (Å²) in [5.41, 5.74) is 1.15. The van der Waals surface area contributed by atoms with Gasteiger partial charge in [-0.1, -0.05) is 12.1 Å². The molecule has 0 aliphatic rings. The minimum absolute atomic E-state index is 0. The maximum absolute atomic E-state index is 5.66. The van der Waals surface area contributed by atoms with Gasteiger partial charge in [-0.25, -0.2) is 0 Å². The van der Waals surface area contributed by atoms with Crippen LogP contribution in [0.2, 0.25) is 0 Å². The number of ether oxygens (including phenoxy) is 3. The van der Waals surface area contributed by atoms with Crippen molar-refractivity contribution >= 4 is 29.9 Å². The van der Waals surface area contributed by atoms with E-state index >= 15 is 0 Å². The maximum Gasteiger partial charge on any atom is 0.190 e. The number of aliphatic imine (C=N–C) groups is 1. The number of rotatable bonds is 11. The number of halogens is 1. The zero-order valence-corrected chi connectivity index (χ0v) is 17.2. The minimum atomic E-state index is 0. The van der Waals surface area contributed by atoms with E-state index in [9.17, 15) is 0 Å². The van der Waals surface area contributed by atoms with Crippen molar-refractivity contribution in [3.63, 3.8) is 0 Å². The lowest BCUT2D eigenvalue weighted by Crippen LogP contribution is -2.38. The van der Waals surface area contributed by atoms with Crippen LogP contribution in [0.1, 0.15) is 18.4 Å². The van der Waals surface area contributed by atoms with Crippen LogP contribution in [0.4, 0.5) is 0 Å². The molecule has 7 heteroatoms. The van der Waals surface area contributed by atoms with Crippen molar-refractivity contribution in [2.75, 3.05) is 47.6 Å². The van der Waals surface area contributed by atoms with Crippen LogP contribution in [0, 0.1) is 0 Å². The standard InChI is InChI=1S/C17H29N3O3.HI/c1-18-17(19-10-4-12-21-2)20-11-5-13-23-14-15-6-8-16(22-3)9-7-15;/h6-9H,4-5,10-14H2,1-3H3,(H2,18,19,20);1H. The monoisotopic (exact) mass is 451 g/mol. The predicted octanol–water partition coefficient (Wildman–Crippen LogP) is 2.42. The van der Waals surface area contributed by atoms with Gasteiger partial charge >= 0.3 is 0 Å². The van der Waals surface area contributed by atoms with Gasteiger partial charge in [-0.3, -0.25) is 4.99 Å². The molecule has 24 heavy (non-hydrogen) atoms. The van der Waals surface area contributed by atoms with E-state index in [0.717, 1.165) is 49.8 Å². The van der Waals surface area contributed by atoms with Crippen molar-refractivity contribution < 1.29 is 14.2 Å². The van der Waals surface area contributed by atoms with Crippen LogP contribution in [0.5, 0.6) is 5.75 Å². The Labute approximate surface area is 162 Å². The first-order valence-corrected chi connectivity index (χ1v) is 7.94. The summed E-state index contributed by atoms with van der Waals surface area (Å²) in [4.78, 5) is 4.17. The highest BCUT2D eigenvalue weighted by atomic mass is 127. The SMILES string of the molecule is CN=C(NCCCOC)NCCCOCc1ccc(OC)cc1.I. The Hall–Kier alpha value is -1.06. The average molecular weight is 451 g/mol. The second-order valence-corrected chi connectivity index (χ2v) is 5.03. The molecule has 0 aliphatic carbocycles. The molecule has 0 aliphatic heterocycles. The van der Waals surface area contributed by atoms with Crippen molar-refractivity contribution in [1.29, 1.82) is 0 Å². The van der Waals surface area contributed by atoms with E-state index in [2.05, 4.69) is 15.6 Å². The summed E-state index contributed by atoms with van der Waals surface area (Å²) in [5.74, 6) is 1.68. The van der Waals surface area contributed by atoms with Crippen LogP contribution in [0.25, 0.3) is 0 Å². The molecule has 0 atom stereocenters. The molecule has 0 amide bonds. The Morgan fingerprint density at radius 1 is 1.00 bits per heavy atom. The second-order valence-electron chi connectivity index (χ2n) is 5.03. The number of methoxy groups -OCH3 is 2. The Morgan fingerprint density at radius 2 is 1.62 bits per heavy atom. The quantitative estimate of drug-likeness (QED) is 0.234. The Kier molecular flexibility index (Phi) is 14.8. The Balaban J connectivity index is 0.00000529. The van der Waals surface area contributed by atoms with E-state index in [4.69, 9.17) is 14.2 Å². The fourth-order valence-electron chi connectivity index (χ4n) is 1.94. The van der Waals surface area contributed by atoms with Gasteiger partial charge in [-0.05, 0) is 30.5 Å². The molecule has 1 rings (SSSR count). The van der Waals surface area contributed by atoms with Gasteiger partial charge in [-0.15, -0.1) is 24.0 Å². The van der Waals surface area contributed by atoms with Gasteiger partial charge in [0.15, 0.2) is 5.96 Å². The zero-order chi connectivity index (χ0) is 16.8. The first-order chi connectivity index (χ1) is 11.3. The molecule has 138 valence electrons. The first kappa shape index (κ1) is 22.9. The third-order valence-electron chi connectivity index (χ3n) is 3.23. The minimum Gasteiger partial charge on any atom is -0.497 e. The summed E-state index contributed by atoms with van der Waals surface area (Å²) in [6, 6.07) is 7.92. The largest absolute Gasteiger partial charge is 0.497 e. The lowest BCUT2D eigenvalue weighted by Gasteiger charge is -2.11. The summed E-state index contributed by atoms with van der Waals surface area (Å²) in [6.07, 6.45) is 1.89. The number of hydrogen-bond donors (Lipinski definition) is 2. The number of nitrogens with one attached hydrogen (secondary N) is 2. The lowest BCUT2D eigenvalue weighted by molar-refractivity contribution is 0.119. The summed E-state index contributed by atoms with van der Waals surface area (Å²) in [6.45, 7) is 3.75. The molecule has 0 aromatic heterocycles. The van der Waals surface area contributed by atoms with Crippen LogP contribution >= 0.6 is 24.0 Å². The van der Waals surface area contributed by atoms with Crippen LogP contribution < -0.4 is 15.4 Å².